The Morgan fingerprint density at radius 2 is 1.81 bits per heavy atom. The van der Waals surface area contributed by atoms with Crippen molar-refractivity contribution in [2.24, 2.45) is 0 Å². The summed E-state index contributed by atoms with van der Waals surface area (Å²) in [5.41, 5.74) is 3.00. The Morgan fingerprint density at radius 1 is 1.12 bits per heavy atom. The lowest BCUT2D eigenvalue weighted by molar-refractivity contribution is 0.681. The predicted octanol–water partition coefficient (Wildman–Crippen LogP) is 4.27. The molecule has 0 amide bonds. The predicted molar refractivity (Wildman–Crippen MR) is 73.2 cm³/mol. The highest BCUT2D eigenvalue weighted by atomic mass is 15.1. The fourth-order valence-corrected chi connectivity index (χ4v) is 2.11. The number of rotatable bonds is 2. The van der Waals surface area contributed by atoms with E-state index in [1.54, 1.807) is 0 Å². The van der Waals surface area contributed by atoms with Crippen molar-refractivity contribution < 1.29 is 0 Å². The Kier molecular flexibility index (Phi) is 5.99. The van der Waals surface area contributed by atoms with Crippen LogP contribution in [0.2, 0.25) is 0 Å². The normalized spacial score (nSPS) is 13.8. The number of benzene rings is 1. The second kappa shape index (κ2) is 7.32. The molecule has 1 aromatic carbocycles. The van der Waals surface area contributed by atoms with Gasteiger partial charge in [0.15, 0.2) is 0 Å². The molecule has 0 aromatic heterocycles. The number of anilines is 1. The lowest BCUT2D eigenvalue weighted by Crippen LogP contribution is -2.29. The van der Waals surface area contributed by atoms with E-state index in [1.165, 1.54) is 50.0 Å². The summed E-state index contributed by atoms with van der Waals surface area (Å²) >= 11 is 0. The molecule has 16 heavy (non-hydrogen) atoms. The third-order valence-corrected chi connectivity index (χ3v) is 2.70. The zero-order valence-corrected chi connectivity index (χ0v) is 11.0. The SMILES string of the molecule is CCC.CCCN1CCCc2ccccc21. The third kappa shape index (κ3) is 3.55. The fourth-order valence-electron chi connectivity index (χ4n) is 2.11. The highest BCUT2D eigenvalue weighted by molar-refractivity contribution is 5.55. The molecule has 0 saturated heterocycles. The van der Waals surface area contributed by atoms with Crippen LogP contribution in [0, 0.1) is 0 Å². The first kappa shape index (κ1) is 13.1. The maximum Gasteiger partial charge on any atom is 0.0398 e. The molecule has 0 aliphatic carbocycles. The number of hydrogen-bond acceptors (Lipinski definition) is 1. The van der Waals surface area contributed by atoms with Crippen LogP contribution in [0.25, 0.3) is 0 Å². The van der Waals surface area contributed by atoms with Crippen LogP contribution < -0.4 is 4.90 Å². The summed E-state index contributed by atoms with van der Waals surface area (Å²) in [4.78, 5) is 2.51. The van der Waals surface area contributed by atoms with Crippen LogP contribution in [0.15, 0.2) is 24.3 Å². The largest absolute Gasteiger partial charge is 0.371 e. The van der Waals surface area contributed by atoms with Crippen molar-refractivity contribution in [1.82, 2.24) is 0 Å². The molecule has 0 N–H and O–H groups in total. The molecule has 1 aliphatic rings. The van der Waals surface area contributed by atoms with Crippen molar-refractivity contribution in [1.29, 1.82) is 0 Å². The van der Waals surface area contributed by atoms with Gasteiger partial charge in [0.2, 0.25) is 0 Å². The summed E-state index contributed by atoms with van der Waals surface area (Å²) < 4.78 is 0. The van der Waals surface area contributed by atoms with Gasteiger partial charge in [-0.05, 0) is 30.9 Å². The van der Waals surface area contributed by atoms with Crippen LogP contribution in [-0.4, -0.2) is 13.1 Å². The van der Waals surface area contributed by atoms with Gasteiger partial charge in [0.1, 0.15) is 0 Å². The van der Waals surface area contributed by atoms with E-state index in [9.17, 15) is 0 Å². The van der Waals surface area contributed by atoms with E-state index >= 15 is 0 Å². The molecule has 1 heterocycles. The summed E-state index contributed by atoms with van der Waals surface area (Å²) in [6, 6.07) is 8.81. The van der Waals surface area contributed by atoms with Gasteiger partial charge in [0.25, 0.3) is 0 Å². The second-order valence-electron chi connectivity index (χ2n) is 4.43. The number of hydrogen-bond donors (Lipinski definition) is 0. The summed E-state index contributed by atoms with van der Waals surface area (Å²) in [5, 5.41) is 0. The molecular formula is C15H25N. The molecule has 1 heteroatoms. The average Bonchev–Trinajstić information content (AvgIpc) is 2.31. The van der Waals surface area contributed by atoms with Crippen LogP contribution in [0.3, 0.4) is 0 Å². The van der Waals surface area contributed by atoms with Crippen LogP contribution >= 0.6 is 0 Å². The molecule has 0 fully saturated rings. The topological polar surface area (TPSA) is 3.24 Å². The van der Waals surface area contributed by atoms with Crippen LogP contribution in [0.4, 0.5) is 5.69 Å². The standard InChI is InChI=1S/C12H17N.C3H8/c1-2-9-13-10-5-7-11-6-3-4-8-12(11)13;1-3-2/h3-4,6,8H,2,5,7,9-10H2,1H3;3H2,1-2H3. The Balaban J connectivity index is 0.000000386. The van der Waals surface area contributed by atoms with Gasteiger partial charge in [0.05, 0.1) is 0 Å². The molecule has 90 valence electrons. The molecule has 1 aliphatic heterocycles. The third-order valence-electron chi connectivity index (χ3n) is 2.70. The van der Waals surface area contributed by atoms with E-state index in [1.807, 2.05) is 0 Å². The summed E-state index contributed by atoms with van der Waals surface area (Å²) in [5.74, 6) is 0. The van der Waals surface area contributed by atoms with E-state index in [0.29, 0.717) is 0 Å². The molecule has 0 unspecified atom stereocenters. The Labute approximate surface area is 100 Å². The van der Waals surface area contributed by atoms with E-state index in [-0.39, 0.29) is 0 Å². The van der Waals surface area contributed by atoms with E-state index in [2.05, 4.69) is 49.9 Å². The molecule has 0 atom stereocenters. The smallest absolute Gasteiger partial charge is 0.0398 e. The highest BCUT2D eigenvalue weighted by Gasteiger charge is 2.14. The van der Waals surface area contributed by atoms with Gasteiger partial charge in [-0.15, -0.1) is 0 Å². The first-order chi connectivity index (χ1) is 7.83. The van der Waals surface area contributed by atoms with Gasteiger partial charge in [-0.25, -0.2) is 0 Å². The fraction of sp³-hybridized carbons (Fsp3) is 0.600. The quantitative estimate of drug-likeness (QED) is 0.718. The van der Waals surface area contributed by atoms with Crippen molar-refractivity contribution >= 4 is 5.69 Å². The van der Waals surface area contributed by atoms with Gasteiger partial charge in [-0.3, -0.25) is 0 Å². The lowest BCUT2D eigenvalue weighted by Gasteiger charge is -2.30. The van der Waals surface area contributed by atoms with Gasteiger partial charge < -0.3 is 4.90 Å². The van der Waals surface area contributed by atoms with Gasteiger partial charge in [0, 0.05) is 18.8 Å². The minimum Gasteiger partial charge on any atom is -0.371 e. The molecular weight excluding hydrogens is 194 g/mol. The van der Waals surface area contributed by atoms with Crippen LogP contribution in [0.1, 0.15) is 45.6 Å². The van der Waals surface area contributed by atoms with Crippen molar-refractivity contribution in [3.63, 3.8) is 0 Å². The summed E-state index contributed by atoms with van der Waals surface area (Å²) in [6.07, 6.45) is 5.07. The minimum atomic E-state index is 1.21. The summed E-state index contributed by atoms with van der Waals surface area (Å²) in [7, 11) is 0. The van der Waals surface area contributed by atoms with Crippen molar-refractivity contribution in [3.8, 4) is 0 Å². The molecule has 1 nitrogen and oxygen atoms in total. The van der Waals surface area contributed by atoms with Crippen molar-refractivity contribution in [3.05, 3.63) is 29.8 Å². The lowest BCUT2D eigenvalue weighted by atomic mass is 10.0. The molecule has 0 bridgehead atoms. The van der Waals surface area contributed by atoms with E-state index in [0.717, 1.165) is 0 Å². The molecule has 0 radical (unpaired) electrons. The number of fused-ring (bicyclic) bond motifs is 1. The second-order valence-corrected chi connectivity index (χ2v) is 4.43. The number of nitrogens with zero attached hydrogens (tertiary/aromatic N) is 1. The Morgan fingerprint density at radius 3 is 2.50 bits per heavy atom. The minimum absolute atomic E-state index is 1.21. The zero-order valence-electron chi connectivity index (χ0n) is 11.0. The van der Waals surface area contributed by atoms with E-state index < -0.39 is 0 Å². The number of para-hydroxylation sites is 1. The van der Waals surface area contributed by atoms with Crippen LogP contribution in [-0.2, 0) is 6.42 Å². The van der Waals surface area contributed by atoms with Crippen molar-refractivity contribution in [2.75, 3.05) is 18.0 Å². The van der Waals surface area contributed by atoms with Crippen molar-refractivity contribution in [2.45, 2.75) is 46.5 Å². The Hall–Kier alpha value is -0.980. The maximum atomic E-state index is 2.51. The average molecular weight is 219 g/mol. The summed E-state index contributed by atoms with van der Waals surface area (Å²) in [6.45, 7) is 8.94. The molecule has 0 spiro atoms. The Bertz CT molecular complexity index is 293. The zero-order chi connectivity index (χ0) is 11.8. The first-order valence-corrected chi connectivity index (χ1v) is 6.66. The monoisotopic (exact) mass is 219 g/mol. The van der Waals surface area contributed by atoms with Gasteiger partial charge in [-0.2, -0.15) is 0 Å². The molecule has 1 aromatic rings. The van der Waals surface area contributed by atoms with Gasteiger partial charge >= 0.3 is 0 Å². The highest BCUT2D eigenvalue weighted by Crippen LogP contribution is 2.26. The molecule has 2 rings (SSSR count). The van der Waals surface area contributed by atoms with E-state index in [4.69, 9.17) is 0 Å². The first-order valence-electron chi connectivity index (χ1n) is 6.66. The maximum absolute atomic E-state index is 2.51. The van der Waals surface area contributed by atoms with Crippen LogP contribution in [0.5, 0.6) is 0 Å². The number of aryl methyl sites for hydroxylation is 1. The molecule has 0 saturated carbocycles. The van der Waals surface area contributed by atoms with Gasteiger partial charge in [-0.1, -0.05) is 45.4 Å².